The highest BCUT2D eigenvalue weighted by Gasteiger charge is 2.40. The number of anilines is 1. The van der Waals surface area contributed by atoms with Crippen molar-refractivity contribution < 1.29 is 85.2 Å². The average Bonchev–Trinajstić information content (AvgIpc) is 1.85. The highest BCUT2D eigenvalue weighted by molar-refractivity contribution is 8.02. The molecule has 0 aliphatic rings. The summed E-state index contributed by atoms with van der Waals surface area (Å²) in [4.78, 5) is 82.7. The molecule has 1 atom stereocenters. The second kappa shape index (κ2) is 31.6. The number of aromatic hydroxyl groups is 1. The van der Waals surface area contributed by atoms with Crippen molar-refractivity contribution in [1.29, 1.82) is 0 Å². The second-order valence-corrected chi connectivity index (χ2v) is 24.0. The van der Waals surface area contributed by atoms with E-state index < -0.39 is 62.7 Å². The number of carbonyl (C=O) groups excluding carboxylic acids is 7. The zero-order valence-corrected chi connectivity index (χ0v) is 52.3. The maximum Gasteiger partial charge on any atom is 0.481 e. The summed E-state index contributed by atoms with van der Waals surface area (Å²) in [6, 6.07) is 40.9. The molecule has 92 heavy (non-hydrogen) atoms. The molecule has 0 radical (unpaired) electrons. The lowest BCUT2D eigenvalue weighted by atomic mass is 9.89. The number of esters is 4. The number of phenolic OH excluding ortho intramolecular Hbond substituents is 1. The van der Waals surface area contributed by atoms with E-state index in [2.05, 4.69) is 32.2 Å². The van der Waals surface area contributed by atoms with Crippen molar-refractivity contribution in [3.05, 3.63) is 228 Å². The first-order valence-electron chi connectivity index (χ1n) is 27.8. The minimum absolute atomic E-state index is 0. The highest BCUT2D eigenvalue weighted by Crippen LogP contribution is 2.35. The van der Waals surface area contributed by atoms with Gasteiger partial charge in [-0.25, -0.2) is 23.4 Å². The van der Waals surface area contributed by atoms with E-state index in [0.29, 0.717) is 22.1 Å². The van der Waals surface area contributed by atoms with Crippen LogP contribution in [0.1, 0.15) is 111 Å². The van der Waals surface area contributed by atoms with Gasteiger partial charge in [-0.3, -0.25) is 14.4 Å². The van der Waals surface area contributed by atoms with E-state index >= 15 is 0 Å². The fourth-order valence-electron chi connectivity index (χ4n) is 8.77. The summed E-state index contributed by atoms with van der Waals surface area (Å²) in [7, 11) is -4.62. The molecule has 0 aromatic heterocycles. The van der Waals surface area contributed by atoms with Gasteiger partial charge in [0, 0.05) is 49.8 Å². The molecular weight excluding hydrogens is 1210 g/mol. The van der Waals surface area contributed by atoms with E-state index in [1.165, 1.54) is 45.0 Å². The summed E-state index contributed by atoms with van der Waals surface area (Å²) in [6.45, 7) is 25.7. The molecule has 8 aromatic carbocycles. The maximum atomic E-state index is 12.9. The standard InChI is InChI=1S/2C19H20O4.C18H16F3NO4S.C15H14O3.CH4/c2*1-12(2)18(21)23-11-17(20)15-9-10-16(19(3,4)22)14-8-6-5-7-13(14)15;1-11(2)17(24)26-10-16(23)14-8-9-15(13-7-5-4-6-12(13)14)22-27(3,25)18(19,20)21;1-10(2)15(17)18-9-11-5-3-7-13-12(11)6-4-8-14(13)16;/h2*5-10,22H,1,11H2,2-4H3;4-9H,1,3,10H2,2H3,(H,22,25);3-8,16H,1,9H2,2H3;1H4. The molecule has 484 valence electrons. The van der Waals surface area contributed by atoms with Gasteiger partial charge in [0.25, 0.3) is 0 Å². The number of ether oxygens (including phenoxy) is 4. The monoisotopic (exact) mass is 1280 g/mol. The van der Waals surface area contributed by atoms with Gasteiger partial charge in [0.2, 0.25) is 17.3 Å². The van der Waals surface area contributed by atoms with Crippen molar-refractivity contribution in [2.45, 2.75) is 86.1 Å². The van der Waals surface area contributed by atoms with Gasteiger partial charge in [0.05, 0.1) is 16.9 Å². The molecule has 20 heteroatoms. The van der Waals surface area contributed by atoms with Crippen molar-refractivity contribution in [3.8, 4) is 5.75 Å². The number of benzene rings is 8. The van der Waals surface area contributed by atoms with E-state index in [4.69, 9.17) is 18.9 Å². The van der Waals surface area contributed by atoms with Crippen LogP contribution >= 0.6 is 0 Å². The average molecular weight is 1280 g/mol. The second-order valence-electron chi connectivity index (χ2n) is 21.9. The van der Waals surface area contributed by atoms with Gasteiger partial charge >= 0.3 is 29.4 Å². The van der Waals surface area contributed by atoms with Crippen LogP contribution < -0.4 is 4.72 Å². The maximum absolute atomic E-state index is 12.9. The summed E-state index contributed by atoms with van der Waals surface area (Å²) in [5, 5.41) is 35.6. The van der Waals surface area contributed by atoms with Crippen molar-refractivity contribution in [3.63, 3.8) is 0 Å². The molecule has 8 aromatic rings. The third-order valence-corrected chi connectivity index (χ3v) is 14.7. The molecule has 0 bridgehead atoms. The van der Waals surface area contributed by atoms with Crippen LogP contribution in [0.25, 0.3) is 43.1 Å². The Bertz CT molecular complexity index is 4170. The van der Waals surface area contributed by atoms with Crippen molar-refractivity contribution in [2.75, 3.05) is 24.5 Å². The first-order valence-corrected chi connectivity index (χ1v) is 29.5. The molecule has 0 fully saturated rings. The number of rotatable bonds is 19. The van der Waals surface area contributed by atoms with Crippen LogP contribution in [-0.2, 0) is 65.6 Å². The molecule has 0 saturated heterocycles. The normalized spacial score (nSPS) is 11.7. The Balaban J connectivity index is 0.000000263. The first kappa shape index (κ1) is 74.4. The Morgan fingerprint density at radius 1 is 0.446 bits per heavy atom. The van der Waals surface area contributed by atoms with E-state index in [1.54, 1.807) is 83.1 Å². The minimum Gasteiger partial charge on any atom is -0.507 e. The predicted octanol–water partition coefficient (Wildman–Crippen LogP) is 14.2. The fraction of sp³-hybridized carbons (Fsp3) is 0.222. The predicted molar refractivity (Wildman–Crippen MR) is 355 cm³/mol. The molecule has 0 aliphatic heterocycles. The third-order valence-electron chi connectivity index (χ3n) is 13.4. The zero-order chi connectivity index (χ0) is 67.9. The Labute approximate surface area is 532 Å². The topological polar surface area (TPSA) is 246 Å². The molecular formula is C72H74F3NO15S. The van der Waals surface area contributed by atoms with Crippen LogP contribution in [0, 0.1) is 0 Å². The number of fused-ring (bicyclic) bond motifs is 4. The largest absolute Gasteiger partial charge is 0.507 e. The number of hydrogen-bond donors (Lipinski definition) is 4. The van der Waals surface area contributed by atoms with E-state index in [1.807, 2.05) is 77.5 Å². The SMILES string of the molecule is C.C=C(C)C(=O)OCC(=O)c1ccc(C(C)(C)O)c2ccccc12.C=C(C)C(=O)OCC(=O)c1ccc(C(C)(C)O)c2ccccc12.C=C(C)C(=O)OCC(=O)c1ccc(NS(=C)(=O)C(F)(F)F)c2ccccc12.C=C(C)C(=O)OCc1cccc2c(O)cccc12. The summed E-state index contributed by atoms with van der Waals surface area (Å²) < 4.78 is 72.1. The van der Waals surface area contributed by atoms with Crippen molar-refractivity contribution >= 4 is 106 Å². The third kappa shape index (κ3) is 19.5. The van der Waals surface area contributed by atoms with E-state index in [9.17, 15) is 66.3 Å². The van der Waals surface area contributed by atoms with Crippen molar-refractivity contribution in [1.82, 2.24) is 0 Å². The number of hydrogen-bond acceptors (Lipinski definition) is 15. The van der Waals surface area contributed by atoms with Gasteiger partial charge in [0.1, 0.15) is 22.1 Å². The summed E-state index contributed by atoms with van der Waals surface area (Å²) in [6.07, 6.45) is 0. The van der Waals surface area contributed by atoms with E-state index in [0.717, 1.165) is 49.0 Å². The van der Waals surface area contributed by atoms with Crippen LogP contribution in [0.4, 0.5) is 18.9 Å². The molecule has 8 rings (SSSR count). The Kier molecular flexibility index (Phi) is 25.6. The zero-order valence-electron chi connectivity index (χ0n) is 51.5. The molecule has 4 N–H and O–H groups in total. The van der Waals surface area contributed by atoms with Gasteiger partial charge < -0.3 is 39.0 Å². The lowest BCUT2D eigenvalue weighted by Crippen LogP contribution is -2.29. The van der Waals surface area contributed by atoms with Gasteiger partial charge in [-0.05, 0) is 128 Å². The number of nitrogens with one attached hydrogen (secondary N) is 1. The Hall–Kier alpha value is -10.0. The van der Waals surface area contributed by atoms with Gasteiger partial charge in [-0.2, -0.15) is 13.2 Å². The molecule has 0 spiro atoms. The van der Waals surface area contributed by atoms with Crippen LogP contribution in [0.3, 0.4) is 0 Å². The molecule has 0 saturated carbocycles. The number of aliphatic hydroxyl groups is 2. The summed E-state index contributed by atoms with van der Waals surface area (Å²) in [5.74, 6) is -0.495. The molecule has 1 unspecified atom stereocenters. The van der Waals surface area contributed by atoms with Crippen LogP contribution in [0.15, 0.2) is 194 Å². The Morgan fingerprint density at radius 3 is 1.13 bits per heavy atom. The Morgan fingerprint density at radius 2 is 0.761 bits per heavy atom. The molecule has 16 nitrogen and oxygen atoms in total. The first-order chi connectivity index (χ1) is 42.5. The van der Waals surface area contributed by atoms with Crippen LogP contribution in [0.5, 0.6) is 5.75 Å². The number of halogens is 3. The number of Topliss-reactive ketones (excluding diaryl/α,β-unsaturated/α-hetero) is 3. The van der Waals surface area contributed by atoms with Gasteiger partial charge in [-0.1, -0.05) is 161 Å². The minimum atomic E-state index is -5.04. The van der Waals surface area contributed by atoms with Crippen LogP contribution in [-0.4, -0.2) is 92.0 Å². The number of phenols is 1. The molecule has 0 heterocycles. The van der Waals surface area contributed by atoms with Crippen LogP contribution in [0.2, 0.25) is 0 Å². The number of alkyl halides is 3. The van der Waals surface area contributed by atoms with Gasteiger partial charge in [-0.15, -0.1) is 0 Å². The number of ketones is 3. The molecule has 0 amide bonds. The van der Waals surface area contributed by atoms with E-state index in [-0.39, 0.29) is 77.9 Å². The lowest BCUT2D eigenvalue weighted by molar-refractivity contribution is -0.140. The summed E-state index contributed by atoms with van der Waals surface area (Å²) in [5.41, 5.74) is -2.76. The fourth-order valence-corrected chi connectivity index (χ4v) is 9.41. The number of carbonyl (C=O) groups is 7. The highest BCUT2D eigenvalue weighted by atomic mass is 32.2. The smallest absolute Gasteiger partial charge is 0.481 e. The quantitative estimate of drug-likeness (QED) is 0.0193. The lowest BCUT2D eigenvalue weighted by Gasteiger charge is -2.21. The summed E-state index contributed by atoms with van der Waals surface area (Å²) >= 11 is 0. The van der Waals surface area contributed by atoms with Crippen molar-refractivity contribution in [2.24, 2.45) is 0 Å². The van der Waals surface area contributed by atoms with Gasteiger partial charge in [0.15, 0.2) is 19.8 Å². The molecule has 0 aliphatic carbocycles.